The largest absolute Gasteiger partial charge is 0.481 e. The highest BCUT2D eigenvalue weighted by atomic mass is 32.2. The van der Waals surface area contributed by atoms with Gasteiger partial charge in [0.05, 0.1) is 22.8 Å². The number of hydrogen-bond acceptors (Lipinski definition) is 4. The van der Waals surface area contributed by atoms with E-state index in [0.29, 0.717) is 5.69 Å². The molecular weight excluding hydrogens is 266 g/mol. The van der Waals surface area contributed by atoms with E-state index in [9.17, 15) is 13.2 Å². The highest BCUT2D eigenvalue weighted by molar-refractivity contribution is 7.91. The van der Waals surface area contributed by atoms with Gasteiger partial charge in [0.2, 0.25) is 0 Å². The maximum absolute atomic E-state index is 12.0. The van der Waals surface area contributed by atoms with Gasteiger partial charge in [-0.25, -0.2) is 8.42 Å². The van der Waals surface area contributed by atoms with Crippen molar-refractivity contribution in [1.82, 2.24) is 0 Å². The number of anilines is 1. The van der Waals surface area contributed by atoms with Gasteiger partial charge in [-0.3, -0.25) is 4.79 Å². The average Bonchev–Trinajstić information content (AvgIpc) is 2.27. The van der Waals surface area contributed by atoms with Crippen LogP contribution in [0.25, 0.3) is 0 Å². The molecule has 0 aliphatic carbocycles. The Kier molecular flexibility index (Phi) is 4.57. The van der Waals surface area contributed by atoms with E-state index in [2.05, 4.69) is 5.32 Å². The summed E-state index contributed by atoms with van der Waals surface area (Å²) in [7, 11) is -3.34. The van der Waals surface area contributed by atoms with Gasteiger partial charge >= 0.3 is 5.97 Å². The number of sulfone groups is 1. The van der Waals surface area contributed by atoms with E-state index in [0.717, 1.165) is 0 Å². The van der Waals surface area contributed by atoms with E-state index in [1.165, 1.54) is 6.07 Å². The Hall–Kier alpha value is -1.56. The lowest BCUT2D eigenvalue weighted by atomic mass is 10.0. The van der Waals surface area contributed by atoms with Crippen molar-refractivity contribution in [1.29, 1.82) is 0 Å². The molecule has 0 fully saturated rings. The fourth-order valence-electron chi connectivity index (χ4n) is 1.78. The van der Waals surface area contributed by atoms with E-state index < -0.39 is 21.3 Å². The number of carbonyl (C=O) groups is 1. The molecule has 5 nitrogen and oxygen atoms in total. The van der Waals surface area contributed by atoms with Gasteiger partial charge in [-0.15, -0.1) is 0 Å². The topological polar surface area (TPSA) is 83.5 Å². The van der Waals surface area contributed by atoms with Crippen molar-refractivity contribution in [2.45, 2.75) is 37.6 Å². The van der Waals surface area contributed by atoms with E-state index in [1.807, 2.05) is 0 Å². The molecule has 6 heteroatoms. The zero-order valence-corrected chi connectivity index (χ0v) is 12.1. The van der Waals surface area contributed by atoms with Gasteiger partial charge in [0.1, 0.15) is 0 Å². The second-order valence-corrected chi connectivity index (χ2v) is 7.23. The lowest BCUT2D eigenvalue weighted by molar-refractivity contribution is -0.137. The van der Waals surface area contributed by atoms with Crippen LogP contribution >= 0.6 is 0 Å². The molecule has 1 aromatic rings. The first-order chi connectivity index (χ1) is 8.68. The van der Waals surface area contributed by atoms with E-state index in [1.54, 1.807) is 39.0 Å². The lowest BCUT2D eigenvalue weighted by Gasteiger charge is -2.27. The Bertz CT molecular complexity index is 564. The molecule has 106 valence electrons. The maximum atomic E-state index is 12.0. The molecule has 19 heavy (non-hydrogen) atoms. The van der Waals surface area contributed by atoms with Gasteiger partial charge in [-0.1, -0.05) is 19.1 Å². The van der Waals surface area contributed by atoms with Crippen molar-refractivity contribution < 1.29 is 18.3 Å². The first-order valence-electron chi connectivity index (χ1n) is 6.00. The summed E-state index contributed by atoms with van der Waals surface area (Å²) in [4.78, 5) is 11.0. The Balaban J connectivity index is 3.13. The zero-order chi connectivity index (χ0) is 14.7. The van der Waals surface area contributed by atoms with Crippen molar-refractivity contribution in [2.24, 2.45) is 0 Å². The molecule has 0 unspecified atom stereocenters. The summed E-state index contributed by atoms with van der Waals surface area (Å²) in [5.74, 6) is -0.932. The summed E-state index contributed by atoms with van der Waals surface area (Å²) in [5, 5.41) is 11.8. The van der Waals surface area contributed by atoms with Crippen LogP contribution in [-0.4, -0.2) is 30.8 Å². The van der Waals surface area contributed by atoms with Crippen LogP contribution in [-0.2, 0) is 14.6 Å². The van der Waals surface area contributed by atoms with Gasteiger partial charge in [0.25, 0.3) is 0 Å². The predicted octanol–water partition coefficient (Wildman–Crippen LogP) is 2.15. The Morgan fingerprint density at radius 3 is 2.42 bits per heavy atom. The highest BCUT2D eigenvalue weighted by Gasteiger charge is 2.24. The van der Waals surface area contributed by atoms with Crippen molar-refractivity contribution >= 4 is 21.5 Å². The molecule has 0 aromatic heterocycles. The smallest absolute Gasteiger partial charge is 0.305 e. The van der Waals surface area contributed by atoms with Crippen LogP contribution in [0.4, 0.5) is 5.69 Å². The number of para-hydroxylation sites is 1. The Morgan fingerprint density at radius 1 is 1.32 bits per heavy atom. The minimum atomic E-state index is -3.34. The molecule has 0 aliphatic rings. The number of rotatable bonds is 6. The van der Waals surface area contributed by atoms with E-state index >= 15 is 0 Å². The van der Waals surface area contributed by atoms with Crippen LogP contribution in [0.3, 0.4) is 0 Å². The molecule has 0 atom stereocenters. The van der Waals surface area contributed by atoms with E-state index in [4.69, 9.17) is 5.11 Å². The van der Waals surface area contributed by atoms with Crippen LogP contribution in [0.2, 0.25) is 0 Å². The lowest BCUT2D eigenvalue weighted by Crippen LogP contribution is -2.34. The van der Waals surface area contributed by atoms with Gasteiger partial charge in [0, 0.05) is 5.54 Å². The summed E-state index contributed by atoms with van der Waals surface area (Å²) in [6, 6.07) is 6.54. The number of hydrogen-bond donors (Lipinski definition) is 2. The van der Waals surface area contributed by atoms with Crippen molar-refractivity contribution in [3.8, 4) is 0 Å². The molecule has 0 bridgehead atoms. The van der Waals surface area contributed by atoms with Gasteiger partial charge in [-0.2, -0.15) is 0 Å². The summed E-state index contributed by atoms with van der Waals surface area (Å²) >= 11 is 0. The van der Waals surface area contributed by atoms with Crippen LogP contribution < -0.4 is 5.32 Å². The SMILES string of the molecule is CCS(=O)(=O)c1ccccc1NC(C)(C)CC(=O)O. The molecule has 0 aliphatic heterocycles. The first-order valence-corrected chi connectivity index (χ1v) is 7.65. The Morgan fingerprint density at radius 2 is 1.89 bits per heavy atom. The van der Waals surface area contributed by atoms with Crippen molar-refractivity contribution in [2.75, 3.05) is 11.1 Å². The monoisotopic (exact) mass is 285 g/mol. The Labute approximate surface area is 113 Å². The molecule has 2 N–H and O–H groups in total. The third kappa shape index (κ3) is 4.24. The predicted molar refractivity (Wildman–Crippen MR) is 74.1 cm³/mol. The third-order valence-electron chi connectivity index (χ3n) is 2.67. The fourth-order valence-corrected chi connectivity index (χ4v) is 2.83. The second-order valence-electron chi connectivity index (χ2n) is 4.98. The summed E-state index contributed by atoms with van der Waals surface area (Å²) in [6.07, 6.45) is -0.104. The molecule has 0 saturated heterocycles. The number of aliphatic carboxylic acids is 1. The van der Waals surface area contributed by atoms with Crippen LogP contribution in [0.15, 0.2) is 29.2 Å². The highest BCUT2D eigenvalue weighted by Crippen LogP contribution is 2.26. The molecule has 1 rings (SSSR count). The number of nitrogens with one attached hydrogen (secondary N) is 1. The number of carboxylic acid groups (broad SMARTS) is 1. The molecule has 0 radical (unpaired) electrons. The third-order valence-corrected chi connectivity index (χ3v) is 4.45. The van der Waals surface area contributed by atoms with Gasteiger partial charge < -0.3 is 10.4 Å². The minimum Gasteiger partial charge on any atom is -0.481 e. The molecule has 0 amide bonds. The summed E-state index contributed by atoms with van der Waals surface area (Å²) < 4.78 is 23.9. The van der Waals surface area contributed by atoms with Gasteiger partial charge in [0.15, 0.2) is 9.84 Å². The molecular formula is C13H19NO4S. The molecule has 1 aromatic carbocycles. The van der Waals surface area contributed by atoms with Crippen LogP contribution in [0.1, 0.15) is 27.2 Å². The normalized spacial score (nSPS) is 12.2. The van der Waals surface area contributed by atoms with Crippen molar-refractivity contribution in [3.63, 3.8) is 0 Å². The fraction of sp³-hybridized carbons (Fsp3) is 0.462. The first kappa shape index (κ1) is 15.5. The minimum absolute atomic E-state index is 0.00501. The van der Waals surface area contributed by atoms with Gasteiger partial charge in [-0.05, 0) is 26.0 Å². The van der Waals surface area contributed by atoms with E-state index in [-0.39, 0.29) is 17.1 Å². The van der Waals surface area contributed by atoms with Crippen molar-refractivity contribution in [3.05, 3.63) is 24.3 Å². The summed E-state index contributed by atoms with van der Waals surface area (Å²) in [5.41, 5.74) is -0.291. The molecule has 0 heterocycles. The molecule has 0 saturated carbocycles. The van der Waals surface area contributed by atoms with Crippen LogP contribution in [0.5, 0.6) is 0 Å². The quantitative estimate of drug-likeness (QED) is 0.836. The zero-order valence-electron chi connectivity index (χ0n) is 11.3. The summed E-state index contributed by atoms with van der Waals surface area (Å²) in [6.45, 7) is 5.02. The standard InChI is InChI=1S/C13H19NO4S/c1-4-19(17,18)11-8-6-5-7-10(11)14-13(2,3)9-12(15)16/h5-8,14H,4,9H2,1-3H3,(H,15,16). The van der Waals surface area contributed by atoms with Crippen LogP contribution in [0, 0.1) is 0 Å². The number of carboxylic acids is 1. The average molecular weight is 285 g/mol. The molecule has 0 spiro atoms. The second kappa shape index (κ2) is 5.61. The number of benzene rings is 1. The maximum Gasteiger partial charge on any atom is 0.305 e.